The summed E-state index contributed by atoms with van der Waals surface area (Å²) in [6.45, 7) is 2.49. The van der Waals surface area contributed by atoms with Gasteiger partial charge in [-0.2, -0.15) is 0 Å². The predicted molar refractivity (Wildman–Crippen MR) is 82.7 cm³/mol. The number of thiophene rings is 1. The van der Waals surface area contributed by atoms with E-state index in [2.05, 4.69) is 15.3 Å². The molecule has 3 aromatic heterocycles. The first-order valence-electron chi connectivity index (χ1n) is 6.71. The molecule has 3 heterocycles. The Labute approximate surface area is 131 Å². The zero-order valence-electron chi connectivity index (χ0n) is 11.6. The van der Waals surface area contributed by atoms with Crippen LogP contribution in [-0.4, -0.2) is 25.9 Å². The maximum atomic E-state index is 5.72. The van der Waals surface area contributed by atoms with E-state index >= 15 is 0 Å². The Morgan fingerprint density at radius 1 is 1.43 bits per heavy atom. The molecule has 3 rings (SSSR count). The monoisotopic (exact) mass is 322 g/mol. The summed E-state index contributed by atoms with van der Waals surface area (Å²) in [6, 6.07) is 3.99. The largest absolute Gasteiger partial charge is 0.440 e. The Morgan fingerprint density at radius 2 is 2.33 bits per heavy atom. The van der Waals surface area contributed by atoms with Gasteiger partial charge in [0.2, 0.25) is 5.89 Å². The summed E-state index contributed by atoms with van der Waals surface area (Å²) < 4.78 is 7.51. The molecule has 0 aliphatic carbocycles. The van der Waals surface area contributed by atoms with Gasteiger partial charge in [-0.15, -0.1) is 28.0 Å². The van der Waals surface area contributed by atoms with Crippen LogP contribution in [0.25, 0.3) is 10.8 Å². The molecule has 0 aliphatic heterocycles. The summed E-state index contributed by atoms with van der Waals surface area (Å²) in [5.74, 6) is 2.12. The molecule has 0 radical (unpaired) electrons. The van der Waals surface area contributed by atoms with Crippen molar-refractivity contribution in [2.24, 2.45) is 0 Å². The molecule has 0 bridgehead atoms. The normalized spacial score (nSPS) is 11.1. The van der Waals surface area contributed by atoms with Crippen LogP contribution in [0.15, 0.2) is 28.1 Å². The number of rotatable bonds is 6. The third kappa shape index (κ3) is 3.33. The molecule has 0 amide bonds. The third-order valence-electron chi connectivity index (χ3n) is 3.09. The van der Waals surface area contributed by atoms with E-state index < -0.39 is 0 Å². The zero-order chi connectivity index (χ0) is 14.7. The Hall–Kier alpha value is -1.66. The minimum absolute atomic E-state index is 0.564. The molecular weight excluding hydrogens is 308 g/mol. The van der Waals surface area contributed by atoms with Crippen molar-refractivity contribution in [2.45, 2.75) is 26.3 Å². The van der Waals surface area contributed by atoms with E-state index in [4.69, 9.17) is 16.0 Å². The van der Waals surface area contributed by atoms with Crippen LogP contribution in [0.3, 0.4) is 0 Å². The standard InChI is InChI=1S/C14H15ClN4OS/c1-10-12(16-14(20-10)13-5-3-7-21-13)9-19-8-11(17-18-19)4-2-6-15/h3,5,7-8H,2,4,6,9H2,1H3. The number of oxazole rings is 1. The lowest BCUT2D eigenvalue weighted by atomic mass is 10.3. The molecule has 110 valence electrons. The molecule has 0 aromatic carbocycles. The van der Waals surface area contributed by atoms with Crippen LogP contribution in [0.1, 0.15) is 23.6 Å². The van der Waals surface area contributed by atoms with Crippen LogP contribution >= 0.6 is 22.9 Å². The molecule has 0 spiro atoms. The maximum Gasteiger partial charge on any atom is 0.236 e. The minimum atomic E-state index is 0.564. The molecule has 0 saturated carbocycles. The molecule has 5 nitrogen and oxygen atoms in total. The Balaban J connectivity index is 1.74. The van der Waals surface area contributed by atoms with Crippen LogP contribution < -0.4 is 0 Å². The van der Waals surface area contributed by atoms with E-state index in [1.807, 2.05) is 30.6 Å². The average Bonchev–Trinajstić information content (AvgIpc) is 3.19. The van der Waals surface area contributed by atoms with E-state index in [9.17, 15) is 0 Å². The molecule has 0 unspecified atom stereocenters. The highest BCUT2D eigenvalue weighted by molar-refractivity contribution is 7.13. The van der Waals surface area contributed by atoms with E-state index in [1.54, 1.807) is 16.0 Å². The first-order valence-corrected chi connectivity index (χ1v) is 8.13. The van der Waals surface area contributed by atoms with Gasteiger partial charge in [-0.05, 0) is 31.2 Å². The van der Waals surface area contributed by atoms with E-state index in [-0.39, 0.29) is 0 Å². The average molecular weight is 323 g/mol. The SMILES string of the molecule is Cc1oc(-c2cccs2)nc1Cn1cc(CCCCl)nn1. The first kappa shape index (κ1) is 14.3. The molecule has 0 aliphatic rings. The fourth-order valence-electron chi connectivity index (χ4n) is 2.01. The lowest BCUT2D eigenvalue weighted by molar-refractivity contribution is 0.536. The highest BCUT2D eigenvalue weighted by Crippen LogP contribution is 2.26. The van der Waals surface area contributed by atoms with Gasteiger partial charge in [0, 0.05) is 12.1 Å². The molecule has 0 N–H and O–H groups in total. The Kier molecular flexibility index (Phi) is 4.36. The van der Waals surface area contributed by atoms with Gasteiger partial charge in [0.1, 0.15) is 11.5 Å². The maximum absolute atomic E-state index is 5.72. The van der Waals surface area contributed by atoms with Gasteiger partial charge in [0.05, 0.1) is 17.1 Å². The van der Waals surface area contributed by atoms with Crippen molar-refractivity contribution < 1.29 is 4.42 Å². The number of hydrogen-bond acceptors (Lipinski definition) is 5. The van der Waals surface area contributed by atoms with Crippen LogP contribution in [0, 0.1) is 6.92 Å². The van der Waals surface area contributed by atoms with E-state index in [0.29, 0.717) is 18.3 Å². The number of aromatic nitrogens is 4. The molecular formula is C14H15ClN4OS. The fourth-order valence-corrected chi connectivity index (χ4v) is 2.79. The van der Waals surface area contributed by atoms with Crippen molar-refractivity contribution in [1.82, 2.24) is 20.0 Å². The summed E-state index contributed by atoms with van der Waals surface area (Å²) in [7, 11) is 0. The highest BCUT2D eigenvalue weighted by Gasteiger charge is 2.13. The van der Waals surface area contributed by atoms with Crippen molar-refractivity contribution in [3.05, 3.63) is 40.9 Å². The first-order chi connectivity index (χ1) is 10.3. The van der Waals surface area contributed by atoms with Crippen molar-refractivity contribution in [3.8, 4) is 10.8 Å². The van der Waals surface area contributed by atoms with Gasteiger partial charge >= 0.3 is 0 Å². The summed E-state index contributed by atoms with van der Waals surface area (Å²) in [6.07, 6.45) is 3.69. The second-order valence-corrected chi connectivity index (χ2v) is 6.02. The van der Waals surface area contributed by atoms with Crippen LogP contribution in [0.5, 0.6) is 0 Å². The van der Waals surface area contributed by atoms with Crippen LogP contribution in [0.4, 0.5) is 0 Å². The number of nitrogens with zero attached hydrogens (tertiary/aromatic N) is 4. The van der Waals surface area contributed by atoms with Crippen molar-refractivity contribution in [1.29, 1.82) is 0 Å². The molecule has 0 atom stereocenters. The number of alkyl halides is 1. The summed E-state index contributed by atoms with van der Waals surface area (Å²) in [5.41, 5.74) is 1.84. The molecule has 21 heavy (non-hydrogen) atoms. The Bertz CT molecular complexity index is 704. The van der Waals surface area contributed by atoms with Gasteiger partial charge in [-0.25, -0.2) is 9.67 Å². The number of halogens is 1. The summed E-state index contributed by atoms with van der Waals surface area (Å²) in [5, 5.41) is 10.3. The van der Waals surface area contributed by atoms with Crippen molar-refractivity contribution in [2.75, 3.05) is 5.88 Å². The second-order valence-electron chi connectivity index (χ2n) is 4.70. The van der Waals surface area contributed by atoms with Gasteiger partial charge < -0.3 is 4.42 Å². The molecule has 0 fully saturated rings. The summed E-state index contributed by atoms with van der Waals surface area (Å²) >= 11 is 7.30. The Morgan fingerprint density at radius 3 is 3.10 bits per heavy atom. The van der Waals surface area contributed by atoms with Gasteiger partial charge in [0.25, 0.3) is 0 Å². The molecule has 7 heteroatoms. The zero-order valence-corrected chi connectivity index (χ0v) is 13.2. The van der Waals surface area contributed by atoms with Crippen LogP contribution in [0.2, 0.25) is 0 Å². The van der Waals surface area contributed by atoms with Gasteiger partial charge in [0.15, 0.2) is 0 Å². The van der Waals surface area contributed by atoms with Crippen molar-refractivity contribution in [3.63, 3.8) is 0 Å². The number of aryl methyl sites for hydroxylation is 2. The second kappa shape index (κ2) is 6.41. The van der Waals surface area contributed by atoms with Gasteiger partial charge in [-0.3, -0.25) is 0 Å². The third-order valence-corrected chi connectivity index (χ3v) is 4.21. The summed E-state index contributed by atoms with van der Waals surface area (Å²) in [4.78, 5) is 5.59. The molecule has 3 aromatic rings. The van der Waals surface area contributed by atoms with Crippen molar-refractivity contribution >= 4 is 22.9 Å². The lowest BCUT2D eigenvalue weighted by Crippen LogP contribution is -2.02. The van der Waals surface area contributed by atoms with E-state index in [0.717, 1.165) is 34.9 Å². The van der Waals surface area contributed by atoms with Gasteiger partial charge in [-0.1, -0.05) is 11.3 Å². The fraction of sp³-hybridized carbons (Fsp3) is 0.357. The van der Waals surface area contributed by atoms with E-state index in [1.165, 1.54) is 0 Å². The number of hydrogen-bond donors (Lipinski definition) is 0. The molecule has 0 saturated heterocycles. The van der Waals surface area contributed by atoms with Crippen LogP contribution in [-0.2, 0) is 13.0 Å². The lowest BCUT2D eigenvalue weighted by Gasteiger charge is -1.96. The highest BCUT2D eigenvalue weighted by atomic mass is 35.5. The smallest absolute Gasteiger partial charge is 0.236 e. The quantitative estimate of drug-likeness (QED) is 0.651. The topological polar surface area (TPSA) is 56.7 Å². The minimum Gasteiger partial charge on any atom is -0.440 e. The predicted octanol–water partition coefficient (Wildman–Crippen LogP) is 3.52.